The number of nitrogens with zero attached hydrogens (tertiary/aromatic N) is 2. The topological polar surface area (TPSA) is 99.6 Å². The lowest BCUT2D eigenvalue weighted by molar-refractivity contribution is -0.0395. The van der Waals surface area contributed by atoms with Crippen LogP contribution in [0, 0.1) is 0 Å². The molecule has 2 rings (SSSR count). The third-order valence-electron chi connectivity index (χ3n) is 2.53. The Labute approximate surface area is 95.5 Å². The van der Waals surface area contributed by atoms with Crippen molar-refractivity contribution < 1.29 is 19.1 Å². The van der Waals surface area contributed by atoms with Crippen molar-refractivity contribution in [2.75, 3.05) is 6.61 Å². The number of ether oxygens (including phenoxy) is 1. The molecule has 0 unspecified atom stereocenters. The van der Waals surface area contributed by atoms with Crippen LogP contribution in [0.2, 0.25) is 0 Å². The number of aliphatic hydroxyl groups is 1. The fourth-order valence-electron chi connectivity index (χ4n) is 1.72. The molecule has 3 N–H and O–H groups in total. The predicted octanol–water partition coefficient (Wildman–Crippen LogP) is -0.886. The smallest absolute Gasteiger partial charge is 0.353 e. The minimum Gasteiger partial charge on any atom is -0.394 e. The monoisotopic (exact) mass is 245 g/mol. The van der Waals surface area contributed by atoms with Crippen molar-refractivity contribution in [2.24, 2.45) is 5.90 Å². The van der Waals surface area contributed by atoms with Gasteiger partial charge in [0.15, 0.2) is 6.23 Å². The molecule has 1 aliphatic heterocycles. The molecule has 0 amide bonds. The van der Waals surface area contributed by atoms with Crippen molar-refractivity contribution in [3.05, 3.63) is 22.7 Å². The SMILES string of the molecule is NOc1ccn([C@@H]2O[C@H](CO)C[C@H]2F)c(=O)n1. The van der Waals surface area contributed by atoms with Gasteiger partial charge in [0, 0.05) is 18.7 Å². The summed E-state index contributed by atoms with van der Waals surface area (Å²) < 4.78 is 19.8. The van der Waals surface area contributed by atoms with Crippen molar-refractivity contribution in [3.8, 4) is 5.88 Å². The zero-order chi connectivity index (χ0) is 12.4. The molecule has 0 bridgehead atoms. The van der Waals surface area contributed by atoms with E-state index in [9.17, 15) is 9.18 Å². The quantitative estimate of drug-likeness (QED) is 0.670. The summed E-state index contributed by atoms with van der Waals surface area (Å²) in [5.74, 6) is 4.79. The number of hydrogen-bond acceptors (Lipinski definition) is 6. The second kappa shape index (κ2) is 4.78. The van der Waals surface area contributed by atoms with E-state index in [0.717, 1.165) is 4.57 Å². The zero-order valence-corrected chi connectivity index (χ0v) is 8.82. The molecule has 0 spiro atoms. The van der Waals surface area contributed by atoms with Gasteiger partial charge in [-0.1, -0.05) is 0 Å². The van der Waals surface area contributed by atoms with E-state index in [2.05, 4.69) is 9.82 Å². The van der Waals surface area contributed by atoms with Gasteiger partial charge in [-0.05, 0) is 0 Å². The normalized spacial score (nSPS) is 28.3. The average molecular weight is 245 g/mol. The van der Waals surface area contributed by atoms with Crippen molar-refractivity contribution in [3.63, 3.8) is 0 Å². The molecule has 1 aromatic rings. The second-order valence-electron chi connectivity index (χ2n) is 3.66. The highest BCUT2D eigenvalue weighted by molar-refractivity contribution is 5.05. The summed E-state index contributed by atoms with van der Waals surface area (Å²) >= 11 is 0. The highest BCUT2D eigenvalue weighted by Gasteiger charge is 2.36. The lowest BCUT2D eigenvalue weighted by atomic mass is 10.2. The summed E-state index contributed by atoms with van der Waals surface area (Å²) in [7, 11) is 0. The molecule has 0 radical (unpaired) electrons. The van der Waals surface area contributed by atoms with E-state index in [4.69, 9.17) is 15.7 Å². The Morgan fingerprint density at radius 1 is 1.76 bits per heavy atom. The first-order valence-corrected chi connectivity index (χ1v) is 5.02. The number of aliphatic hydroxyl groups excluding tert-OH is 1. The van der Waals surface area contributed by atoms with Gasteiger partial charge in [-0.15, -0.1) is 0 Å². The molecule has 2 heterocycles. The van der Waals surface area contributed by atoms with Gasteiger partial charge in [0.1, 0.15) is 6.17 Å². The van der Waals surface area contributed by atoms with Gasteiger partial charge in [-0.2, -0.15) is 10.9 Å². The Kier molecular flexibility index (Phi) is 3.36. The fourth-order valence-corrected chi connectivity index (χ4v) is 1.72. The van der Waals surface area contributed by atoms with Crippen LogP contribution in [-0.4, -0.2) is 33.5 Å². The summed E-state index contributed by atoms with van der Waals surface area (Å²) in [4.78, 5) is 19.3. The maximum absolute atomic E-state index is 13.6. The molecule has 1 fully saturated rings. The van der Waals surface area contributed by atoms with E-state index in [1.807, 2.05) is 0 Å². The van der Waals surface area contributed by atoms with Gasteiger partial charge in [-0.25, -0.2) is 9.18 Å². The molecular weight excluding hydrogens is 233 g/mol. The van der Waals surface area contributed by atoms with Gasteiger partial charge < -0.3 is 14.7 Å². The summed E-state index contributed by atoms with van der Waals surface area (Å²) in [5, 5.41) is 8.87. The molecule has 1 saturated heterocycles. The van der Waals surface area contributed by atoms with Crippen LogP contribution in [0.5, 0.6) is 5.88 Å². The molecule has 0 aliphatic carbocycles. The Morgan fingerprint density at radius 3 is 3.06 bits per heavy atom. The first-order chi connectivity index (χ1) is 8.15. The van der Waals surface area contributed by atoms with E-state index in [1.54, 1.807) is 0 Å². The average Bonchev–Trinajstić information content (AvgIpc) is 2.70. The van der Waals surface area contributed by atoms with Crippen molar-refractivity contribution in [1.82, 2.24) is 9.55 Å². The lowest BCUT2D eigenvalue weighted by Gasteiger charge is -2.15. The molecule has 0 saturated carbocycles. The molecule has 17 heavy (non-hydrogen) atoms. The van der Waals surface area contributed by atoms with E-state index < -0.39 is 24.2 Å². The zero-order valence-electron chi connectivity index (χ0n) is 8.82. The Hall–Kier alpha value is -1.51. The van der Waals surface area contributed by atoms with Crippen LogP contribution in [-0.2, 0) is 4.74 Å². The molecule has 8 heteroatoms. The van der Waals surface area contributed by atoms with Gasteiger partial charge in [0.05, 0.1) is 12.7 Å². The lowest BCUT2D eigenvalue weighted by Crippen LogP contribution is -2.30. The molecule has 94 valence electrons. The van der Waals surface area contributed by atoms with Crippen LogP contribution in [0.15, 0.2) is 17.1 Å². The number of hydrogen-bond donors (Lipinski definition) is 2. The third-order valence-corrected chi connectivity index (χ3v) is 2.53. The summed E-state index contributed by atoms with van der Waals surface area (Å²) in [6, 6.07) is 1.32. The molecule has 1 aliphatic rings. The molecule has 3 atom stereocenters. The van der Waals surface area contributed by atoms with Crippen LogP contribution in [0.4, 0.5) is 4.39 Å². The molecule has 7 nitrogen and oxygen atoms in total. The van der Waals surface area contributed by atoms with Crippen LogP contribution in [0.1, 0.15) is 12.6 Å². The fraction of sp³-hybridized carbons (Fsp3) is 0.556. The van der Waals surface area contributed by atoms with Crippen molar-refractivity contribution >= 4 is 0 Å². The highest BCUT2D eigenvalue weighted by Crippen LogP contribution is 2.30. The number of alkyl halides is 1. The first-order valence-electron chi connectivity index (χ1n) is 5.02. The first kappa shape index (κ1) is 12.0. The van der Waals surface area contributed by atoms with E-state index in [1.165, 1.54) is 12.3 Å². The number of halogens is 1. The van der Waals surface area contributed by atoms with E-state index >= 15 is 0 Å². The number of nitrogens with two attached hydrogens (primary N) is 1. The minimum atomic E-state index is -1.36. The van der Waals surface area contributed by atoms with Crippen LogP contribution in [0.25, 0.3) is 0 Å². The van der Waals surface area contributed by atoms with E-state index in [0.29, 0.717) is 0 Å². The Balaban J connectivity index is 2.26. The second-order valence-corrected chi connectivity index (χ2v) is 3.66. The van der Waals surface area contributed by atoms with E-state index in [-0.39, 0.29) is 18.9 Å². The molecule has 1 aromatic heterocycles. The van der Waals surface area contributed by atoms with Gasteiger partial charge >= 0.3 is 5.69 Å². The van der Waals surface area contributed by atoms with Crippen molar-refractivity contribution in [2.45, 2.75) is 24.9 Å². The number of aromatic nitrogens is 2. The summed E-state index contributed by atoms with van der Waals surface area (Å²) in [6.07, 6.45) is -1.71. The van der Waals surface area contributed by atoms with Crippen LogP contribution in [0.3, 0.4) is 0 Å². The van der Waals surface area contributed by atoms with Gasteiger partial charge in [-0.3, -0.25) is 4.57 Å². The maximum Gasteiger partial charge on any atom is 0.353 e. The van der Waals surface area contributed by atoms with Crippen LogP contribution >= 0.6 is 0 Å². The maximum atomic E-state index is 13.6. The van der Waals surface area contributed by atoms with Gasteiger partial charge in [0.25, 0.3) is 0 Å². The minimum absolute atomic E-state index is 0.0444. The largest absolute Gasteiger partial charge is 0.394 e. The van der Waals surface area contributed by atoms with Crippen LogP contribution < -0.4 is 16.4 Å². The Morgan fingerprint density at radius 2 is 2.53 bits per heavy atom. The molecular formula is C9H12FN3O4. The van der Waals surface area contributed by atoms with Crippen molar-refractivity contribution in [1.29, 1.82) is 0 Å². The predicted molar refractivity (Wildman–Crippen MR) is 53.8 cm³/mol. The third kappa shape index (κ3) is 2.28. The van der Waals surface area contributed by atoms with Gasteiger partial charge in [0.2, 0.25) is 5.88 Å². The molecule has 0 aromatic carbocycles. The number of rotatable bonds is 3. The summed E-state index contributed by atoms with van der Waals surface area (Å²) in [5.41, 5.74) is -0.723. The summed E-state index contributed by atoms with van der Waals surface area (Å²) in [6.45, 7) is -0.289. The highest BCUT2D eigenvalue weighted by atomic mass is 19.1. The Bertz CT molecular complexity index is 452. The standard InChI is InChI=1S/C9H12FN3O4/c10-6-3-5(4-14)16-8(6)13-2-1-7(17-11)12-9(13)15/h1-2,5-6,8,14H,3-4,11H2/t5-,6+,8+/m0/s1.